The Balaban J connectivity index is 2.41. The van der Waals surface area contributed by atoms with Crippen LogP contribution < -0.4 is 0 Å². The van der Waals surface area contributed by atoms with Crippen molar-refractivity contribution in [1.82, 2.24) is 0 Å². The van der Waals surface area contributed by atoms with Gasteiger partial charge in [-0.1, -0.05) is 26.2 Å². The summed E-state index contributed by atoms with van der Waals surface area (Å²) in [5.74, 6) is -0.401. The van der Waals surface area contributed by atoms with Crippen molar-refractivity contribution in [2.45, 2.75) is 58.0 Å². The van der Waals surface area contributed by atoms with E-state index in [9.17, 15) is 23.1 Å². The normalized spacial score (nSPS) is 27.5. The Morgan fingerprint density at radius 3 is 2.70 bits per heavy atom. The van der Waals surface area contributed by atoms with Gasteiger partial charge in [0.25, 0.3) is 0 Å². The van der Waals surface area contributed by atoms with E-state index < -0.39 is 24.2 Å². The van der Waals surface area contributed by atoms with Crippen LogP contribution in [0.25, 0.3) is 0 Å². The first-order valence-electron chi connectivity index (χ1n) is 7.17. The van der Waals surface area contributed by atoms with Crippen molar-refractivity contribution in [2.75, 3.05) is 13.2 Å². The van der Waals surface area contributed by atoms with E-state index in [0.717, 1.165) is 19.3 Å². The third-order valence-electron chi connectivity index (χ3n) is 4.19. The van der Waals surface area contributed by atoms with E-state index in [1.54, 1.807) is 0 Å². The van der Waals surface area contributed by atoms with Crippen molar-refractivity contribution in [2.24, 2.45) is 11.3 Å². The van der Waals surface area contributed by atoms with Crippen molar-refractivity contribution in [3.05, 3.63) is 0 Å². The van der Waals surface area contributed by atoms with Crippen molar-refractivity contribution in [3.8, 4) is 0 Å². The minimum atomic E-state index is -4.32. The highest BCUT2D eigenvalue weighted by molar-refractivity contribution is 5.74. The van der Waals surface area contributed by atoms with Crippen LogP contribution in [0.5, 0.6) is 0 Å². The fourth-order valence-electron chi connectivity index (χ4n) is 3.06. The Morgan fingerprint density at radius 2 is 2.15 bits per heavy atom. The SMILES string of the molecule is CCC1CCCC(CCCOCC(F)(F)F)(C(=O)O)C1. The summed E-state index contributed by atoms with van der Waals surface area (Å²) in [6.45, 7) is 0.755. The van der Waals surface area contributed by atoms with Crippen LogP contribution in [0.2, 0.25) is 0 Å². The molecular weight excluding hydrogens is 273 g/mol. The lowest BCUT2D eigenvalue weighted by Crippen LogP contribution is -2.36. The van der Waals surface area contributed by atoms with Crippen LogP contribution in [-0.4, -0.2) is 30.5 Å². The Kier molecular flexibility index (Phi) is 6.30. The van der Waals surface area contributed by atoms with Gasteiger partial charge in [0.2, 0.25) is 0 Å². The predicted octanol–water partition coefficient (Wildman–Crippen LogP) is 4.02. The van der Waals surface area contributed by atoms with Crippen LogP contribution in [0.3, 0.4) is 0 Å². The molecular formula is C14H23F3O3. The third-order valence-corrected chi connectivity index (χ3v) is 4.19. The number of carbonyl (C=O) groups is 1. The summed E-state index contributed by atoms with van der Waals surface area (Å²) in [4.78, 5) is 11.5. The molecule has 2 atom stereocenters. The lowest BCUT2D eigenvalue weighted by Gasteiger charge is -2.37. The summed E-state index contributed by atoms with van der Waals surface area (Å²) in [6, 6.07) is 0. The minimum absolute atomic E-state index is 0.0364. The van der Waals surface area contributed by atoms with E-state index in [1.165, 1.54) is 0 Å². The highest BCUT2D eigenvalue weighted by Crippen LogP contribution is 2.44. The summed E-state index contributed by atoms with van der Waals surface area (Å²) >= 11 is 0. The Bertz CT molecular complexity index is 317. The lowest BCUT2D eigenvalue weighted by molar-refractivity contribution is -0.175. The fraction of sp³-hybridized carbons (Fsp3) is 0.929. The first-order chi connectivity index (χ1) is 9.29. The first kappa shape index (κ1) is 17.3. The highest BCUT2D eigenvalue weighted by Gasteiger charge is 2.41. The van der Waals surface area contributed by atoms with E-state index >= 15 is 0 Å². The zero-order valence-corrected chi connectivity index (χ0v) is 11.8. The van der Waals surface area contributed by atoms with Crippen molar-refractivity contribution in [1.29, 1.82) is 0 Å². The second-order valence-corrected chi connectivity index (χ2v) is 5.73. The monoisotopic (exact) mass is 296 g/mol. The molecule has 6 heteroatoms. The number of carboxylic acid groups (broad SMARTS) is 1. The maximum Gasteiger partial charge on any atom is 0.411 e. The van der Waals surface area contributed by atoms with Gasteiger partial charge >= 0.3 is 12.1 Å². The van der Waals surface area contributed by atoms with Gasteiger partial charge in [-0.2, -0.15) is 13.2 Å². The second-order valence-electron chi connectivity index (χ2n) is 5.73. The van der Waals surface area contributed by atoms with Crippen LogP contribution in [0.4, 0.5) is 13.2 Å². The number of aliphatic carboxylic acids is 1. The molecule has 0 saturated heterocycles. The second kappa shape index (κ2) is 7.29. The zero-order valence-electron chi connectivity index (χ0n) is 11.8. The molecule has 0 aromatic carbocycles. The summed E-state index contributed by atoms with van der Waals surface area (Å²) in [5.41, 5.74) is -0.763. The molecule has 0 aromatic rings. The molecule has 118 valence electrons. The maximum atomic E-state index is 11.9. The zero-order chi connectivity index (χ0) is 15.2. The van der Waals surface area contributed by atoms with Gasteiger partial charge in [-0.05, 0) is 31.6 Å². The lowest BCUT2D eigenvalue weighted by atomic mass is 9.66. The molecule has 1 fully saturated rings. The molecule has 1 aliphatic rings. The Morgan fingerprint density at radius 1 is 1.45 bits per heavy atom. The molecule has 0 amide bonds. The smallest absolute Gasteiger partial charge is 0.411 e. The van der Waals surface area contributed by atoms with Gasteiger partial charge in [0.05, 0.1) is 5.41 Å². The van der Waals surface area contributed by atoms with Crippen molar-refractivity contribution < 1.29 is 27.8 Å². The van der Waals surface area contributed by atoms with E-state index in [0.29, 0.717) is 31.6 Å². The van der Waals surface area contributed by atoms with Gasteiger partial charge in [-0.3, -0.25) is 4.79 Å². The van der Waals surface area contributed by atoms with Crippen LogP contribution in [0, 0.1) is 11.3 Å². The van der Waals surface area contributed by atoms with Gasteiger partial charge in [0, 0.05) is 6.61 Å². The number of carboxylic acids is 1. The quantitative estimate of drug-likeness (QED) is 0.722. The molecule has 0 aliphatic heterocycles. The number of rotatable bonds is 7. The van der Waals surface area contributed by atoms with E-state index in [4.69, 9.17) is 0 Å². The number of halogens is 3. The standard InChI is InChI=1S/C14H23F3O3/c1-2-11-5-3-6-13(9-11,12(18)19)7-4-8-20-10-14(15,16)17/h11H,2-10H2,1H3,(H,18,19). The summed E-state index contributed by atoms with van der Waals surface area (Å²) in [6.07, 6.45) is 0.596. The number of hydrogen-bond acceptors (Lipinski definition) is 2. The molecule has 1 N–H and O–H groups in total. The van der Waals surface area contributed by atoms with Gasteiger partial charge in [0.1, 0.15) is 6.61 Å². The number of ether oxygens (including phenoxy) is 1. The third kappa shape index (κ3) is 5.31. The molecule has 1 saturated carbocycles. The van der Waals surface area contributed by atoms with Gasteiger partial charge in [-0.25, -0.2) is 0 Å². The molecule has 0 radical (unpaired) electrons. The van der Waals surface area contributed by atoms with Crippen LogP contribution in [-0.2, 0) is 9.53 Å². The molecule has 0 aromatic heterocycles. The molecule has 2 unspecified atom stereocenters. The minimum Gasteiger partial charge on any atom is -0.481 e. The highest BCUT2D eigenvalue weighted by atomic mass is 19.4. The van der Waals surface area contributed by atoms with Gasteiger partial charge in [0.15, 0.2) is 0 Å². The average Bonchev–Trinajstić information content (AvgIpc) is 2.37. The predicted molar refractivity (Wildman–Crippen MR) is 68.4 cm³/mol. The molecule has 0 spiro atoms. The summed E-state index contributed by atoms with van der Waals surface area (Å²) < 4.78 is 40.3. The fourth-order valence-corrected chi connectivity index (χ4v) is 3.06. The first-order valence-corrected chi connectivity index (χ1v) is 7.17. The number of hydrogen-bond donors (Lipinski definition) is 1. The molecule has 1 rings (SSSR count). The summed E-state index contributed by atoms with van der Waals surface area (Å²) in [5, 5.41) is 9.47. The molecule has 20 heavy (non-hydrogen) atoms. The van der Waals surface area contributed by atoms with E-state index in [-0.39, 0.29) is 6.61 Å². The van der Waals surface area contributed by atoms with Crippen molar-refractivity contribution in [3.63, 3.8) is 0 Å². The molecule has 3 nitrogen and oxygen atoms in total. The van der Waals surface area contributed by atoms with Crippen LogP contribution in [0.15, 0.2) is 0 Å². The Labute approximate surface area is 117 Å². The van der Waals surface area contributed by atoms with Gasteiger partial charge in [-0.15, -0.1) is 0 Å². The number of alkyl halides is 3. The van der Waals surface area contributed by atoms with Crippen LogP contribution >= 0.6 is 0 Å². The molecule has 0 heterocycles. The molecule has 1 aliphatic carbocycles. The topological polar surface area (TPSA) is 46.5 Å². The Hall–Kier alpha value is -0.780. The van der Waals surface area contributed by atoms with Crippen molar-refractivity contribution >= 4 is 5.97 Å². The maximum absolute atomic E-state index is 11.9. The summed E-state index contributed by atoms with van der Waals surface area (Å²) in [7, 11) is 0. The van der Waals surface area contributed by atoms with Gasteiger partial charge < -0.3 is 9.84 Å². The van der Waals surface area contributed by atoms with E-state index in [1.807, 2.05) is 0 Å². The van der Waals surface area contributed by atoms with Crippen LogP contribution in [0.1, 0.15) is 51.9 Å². The van der Waals surface area contributed by atoms with E-state index in [2.05, 4.69) is 11.7 Å². The molecule has 0 bridgehead atoms. The average molecular weight is 296 g/mol. The largest absolute Gasteiger partial charge is 0.481 e.